The molecule has 0 radical (unpaired) electrons. The molecule has 3 aromatic rings. The van der Waals surface area contributed by atoms with Crippen molar-refractivity contribution in [3.8, 4) is 22.3 Å². The minimum absolute atomic E-state index is 0.307. The molecule has 0 saturated heterocycles. The van der Waals surface area contributed by atoms with Crippen LogP contribution in [0.3, 0.4) is 0 Å². The number of carbonyl (C=O) groups is 1. The first kappa shape index (κ1) is 29.7. The smallest absolute Gasteiger partial charge is 0.124 e. The molecular formula is C29H36ClNO4S. The quantitative estimate of drug-likeness (QED) is 0.404. The molecule has 0 aliphatic carbocycles. The van der Waals surface area contributed by atoms with Crippen LogP contribution in [0.2, 0.25) is 5.02 Å². The number of aryl methyl sites for hydroxylation is 1. The number of nitrogens with zero attached hydrogens (tertiary/aromatic N) is 1. The zero-order valence-electron chi connectivity index (χ0n) is 22.1. The van der Waals surface area contributed by atoms with Gasteiger partial charge in [-0.15, -0.1) is 0 Å². The molecule has 0 aromatic heterocycles. The number of hydrogen-bond donors (Lipinski definition) is 2. The molecule has 1 atom stereocenters. The summed E-state index contributed by atoms with van der Waals surface area (Å²) in [6, 6.07) is 16.3. The lowest BCUT2D eigenvalue weighted by atomic mass is 9.85. The molecule has 0 saturated carbocycles. The zero-order chi connectivity index (χ0) is 27.2. The summed E-state index contributed by atoms with van der Waals surface area (Å²) in [6.07, 6.45) is 2.93. The molecule has 0 spiro atoms. The van der Waals surface area contributed by atoms with E-state index in [1.165, 1.54) is 5.56 Å². The predicted octanol–water partition coefficient (Wildman–Crippen LogP) is 6.03. The molecule has 194 valence electrons. The summed E-state index contributed by atoms with van der Waals surface area (Å²) < 4.78 is 14.5. The van der Waals surface area contributed by atoms with Crippen LogP contribution in [0.25, 0.3) is 22.3 Å². The van der Waals surface area contributed by atoms with Crippen LogP contribution in [0.4, 0.5) is 5.69 Å². The summed E-state index contributed by atoms with van der Waals surface area (Å²) in [4.78, 5) is 11.5. The Kier molecular flexibility index (Phi) is 10.4. The summed E-state index contributed by atoms with van der Waals surface area (Å²) in [6.45, 7) is 9.82. The van der Waals surface area contributed by atoms with Gasteiger partial charge in [-0.2, -0.15) is 0 Å². The van der Waals surface area contributed by atoms with E-state index in [9.17, 15) is 9.00 Å². The van der Waals surface area contributed by atoms with Crippen LogP contribution in [0.15, 0.2) is 48.5 Å². The van der Waals surface area contributed by atoms with Gasteiger partial charge in [-0.05, 0) is 74.6 Å². The maximum absolute atomic E-state index is 12.6. The lowest BCUT2D eigenvalue weighted by Gasteiger charge is -2.34. The average molecular weight is 530 g/mol. The van der Waals surface area contributed by atoms with Crippen LogP contribution < -0.4 is 4.31 Å². The fourth-order valence-electron chi connectivity index (χ4n) is 4.15. The van der Waals surface area contributed by atoms with E-state index in [2.05, 4.69) is 37.3 Å². The third-order valence-electron chi connectivity index (χ3n) is 5.57. The van der Waals surface area contributed by atoms with Crippen molar-refractivity contribution in [3.05, 3.63) is 75.8 Å². The van der Waals surface area contributed by atoms with E-state index in [0.29, 0.717) is 18.0 Å². The van der Waals surface area contributed by atoms with E-state index in [1.54, 1.807) is 27.0 Å². The van der Waals surface area contributed by atoms with Crippen LogP contribution in [0, 0.1) is 13.8 Å². The van der Waals surface area contributed by atoms with E-state index in [0.717, 1.165) is 58.0 Å². The number of carbonyl (C=O) groups excluding carboxylic acids is 1. The van der Waals surface area contributed by atoms with E-state index in [1.807, 2.05) is 29.4 Å². The fraction of sp³-hybridized carbons (Fsp3) is 0.345. The topological polar surface area (TPSA) is 77.8 Å². The number of fused-ring (bicyclic) bond motifs is 3. The Morgan fingerprint density at radius 2 is 1.64 bits per heavy atom. The van der Waals surface area contributed by atoms with E-state index in [-0.39, 0.29) is 0 Å². The van der Waals surface area contributed by atoms with E-state index >= 15 is 0 Å². The number of rotatable bonds is 4. The Hall–Kier alpha value is -2.51. The summed E-state index contributed by atoms with van der Waals surface area (Å²) in [5, 5.41) is 16.2. The van der Waals surface area contributed by atoms with Gasteiger partial charge >= 0.3 is 0 Å². The molecule has 0 fully saturated rings. The van der Waals surface area contributed by atoms with Crippen molar-refractivity contribution in [2.24, 2.45) is 0 Å². The van der Waals surface area contributed by atoms with Crippen molar-refractivity contribution < 1.29 is 19.2 Å². The van der Waals surface area contributed by atoms with Crippen LogP contribution in [-0.4, -0.2) is 39.7 Å². The second-order valence-corrected chi connectivity index (χ2v) is 11.3. The van der Waals surface area contributed by atoms with E-state index in [4.69, 9.17) is 21.8 Å². The van der Waals surface area contributed by atoms with Gasteiger partial charge < -0.3 is 15.0 Å². The number of aldehydes is 1. The SMILES string of the molecule is CC(C)(C)O.CO.Cc1ccc(-c2cc3c(c(C)c2CC=O)N(S(C)=O)Cc2cccc(Cl)c2-3)cc1. The summed E-state index contributed by atoms with van der Waals surface area (Å²) >= 11 is 6.62. The van der Waals surface area contributed by atoms with Crippen molar-refractivity contribution in [1.82, 2.24) is 0 Å². The maximum atomic E-state index is 12.6. The molecular weight excluding hydrogens is 494 g/mol. The molecule has 36 heavy (non-hydrogen) atoms. The molecule has 3 aromatic carbocycles. The normalized spacial score (nSPS) is 12.8. The highest BCUT2D eigenvalue weighted by Crippen LogP contribution is 2.48. The van der Waals surface area contributed by atoms with Gasteiger partial charge in [0.2, 0.25) is 0 Å². The lowest BCUT2D eigenvalue weighted by Crippen LogP contribution is -2.29. The van der Waals surface area contributed by atoms with Gasteiger partial charge in [0.15, 0.2) is 0 Å². The van der Waals surface area contributed by atoms with Gasteiger partial charge in [0, 0.05) is 35.9 Å². The van der Waals surface area contributed by atoms with Gasteiger partial charge in [-0.3, -0.25) is 4.31 Å². The second kappa shape index (κ2) is 12.6. The third kappa shape index (κ3) is 7.04. The average Bonchev–Trinajstić information content (AvgIpc) is 2.81. The summed E-state index contributed by atoms with van der Waals surface area (Å²) in [7, 11) is -0.202. The van der Waals surface area contributed by atoms with Gasteiger partial charge in [-0.1, -0.05) is 53.6 Å². The minimum atomic E-state index is -1.20. The first-order chi connectivity index (χ1) is 16.9. The van der Waals surface area contributed by atoms with E-state index < -0.39 is 16.6 Å². The number of anilines is 1. The number of aliphatic hydroxyl groups is 2. The second-order valence-electron chi connectivity index (χ2n) is 9.57. The molecule has 5 nitrogen and oxygen atoms in total. The molecule has 1 aliphatic rings. The number of benzene rings is 3. The Balaban J connectivity index is 0.000000583. The van der Waals surface area contributed by atoms with Crippen molar-refractivity contribution in [2.75, 3.05) is 17.7 Å². The standard InChI is InChI=1S/C24H22ClNO2S.C4H10O.CH4O/c1-15-7-9-17(10-8-15)20-13-21-23-18(5-4-6-22(23)25)14-26(29(3)28)24(21)16(2)19(20)11-12-27;1-4(2,3)5;1-2/h4-10,12-13H,11,14H2,1-3H3;5H,1-3H3;2H,1H3. The monoisotopic (exact) mass is 529 g/mol. The Labute approximate surface area is 222 Å². The molecule has 1 heterocycles. The predicted molar refractivity (Wildman–Crippen MR) is 152 cm³/mol. The van der Waals surface area contributed by atoms with Crippen LogP contribution in [-0.2, 0) is 28.7 Å². The first-order valence-corrected chi connectivity index (χ1v) is 13.5. The molecule has 0 amide bonds. The van der Waals surface area contributed by atoms with Gasteiger partial charge in [0.05, 0.1) is 17.8 Å². The summed E-state index contributed by atoms with van der Waals surface area (Å²) in [5.74, 6) is 0. The molecule has 4 rings (SSSR count). The first-order valence-electron chi connectivity index (χ1n) is 11.7. The fourth-order valence-corrected chi connectivity index (χ4v) is 5.26. The van der Waals surface area contributed by atoms with Gasteiger partial charge in [0.1, 0.15) is 17.3 Å². The maximum Gasteiger partial charge on any atom is 0.124 e. The molecule has 0 bridgehead atoms. The van der Waals surface area contributed by atoms with Crippen molar-refractivity contribution in [1.29, 1.82) is 0 Å². The number of aliphatic hydroxyl groups excluding tert-OH is 1. The lowest BCUT2D eigenvalue weighted by molar-refractivity contribution is -0.107. The van der Waals surface area contributed by atoms with Gasteiger partial charge in [0.25, 0.3) is 0 Å². The van der Waals surface area contributed by atoms with Crippen LogP contribution in [0.5, 0.6) is 0 Å². The van der Waals surface area contributed by atoms with Crippen LogP contribution in [0.1, 0.15) is 43.0 Å². The minimum Gasteiger partial charge on any atom is -0.400 e. The molecule has 1 aliphatic heterocycles. The third-order valence-corrected chi connectivity index (χ3v) is 6.82. The molecule has 1 unspecified atom stereocenters. The highest BCUT2D eigenvalue weighted by molar-refractivity contribution is 7.85. The Morgan fingerprint density at radius 1 is 1.06 bits per heavy atom. The molecule has 2 N–H and O–H groups in total. The number of halogens is 1. The molecule has 7 heteroatoms. The zero-order valence-corrected chi connectivity index (χ0v) is 23.6. The van der Waals surface area contributed by atoms with Crippen molar-refractivity contribution in [2.45, 2.75) is 53.2 Å². The Bertz CT molecular complexity index is 1230. The largest absolute Gasteiger partial charge is 0.400 e. The highest BCUT2D eigenvalue weighted by atomic mass is 35.5. The highest BCUT2D eigenvalue weighted by Gasteiger charge is 2.30. The number of hydrogen-bond acceptors (Lipinski definition) is 4. The summed E-state index contributed by atoms with van der Waals surface area (Å²) in [5.41, 5.74) is 8.61. The van der Waals surface area contributed by atoms with Crippen molar-refractivity contribution in [3.63, 3.8) is 0 Å². The van der Waals surface area contributed by atoms with Crippen molar-refractivity contribution >= 4 is 34.6 Å². The van der Waals surface area contributed by atoms with Crippen LogP contribution >= 0.6 is 11.6 Å². The Morgan fingerprint density at radius 3 is 2.17 bits per heavy atom. The van der Waals surface area contributed by atoms with Gasteiger partial charge in [-0.25, -0.2) is 4.21 Å².